The topological polar surface area (TPSA) is 49.4 Å². The highest BCUT2D eigenvalue weighted by Crippen LogP contribution is 2.20. The fraction of sp³-hybridized carbons (Fsp3) is 0.429. The lowest BCUT2D eigenvalue weighted by molar-refractivity contribution is -0.122. The van der Waals surface area contributed by atoms with Crippen LogP contribution in [-0.2, 0) is 4.79 Å². The van der Waals surface area contributed by atoms with Crippen LogP contribution < -0.4 is 5.32 Å². The van der Waals surface area contributed by atoms with Gasteiger partial charge in [-0.3, -0.25) is 15.0 Å². The number of carbonyl (C=O) groups excluding carboxylic acids is 2. The van der Waals surface area contributed by atoms with Crippen molar-refractivity contribution in [3.05, 3.63) is 12.3 Å². The molecule has 4 nitrogen and oxygen atoms in total. The van der Waals surface area contributed by atoms with Crippen molar-refractivity contribution in [2.75, 3.05) is 0 Å². The smallest absolute Gasteiger partial charge is 0.297 e. The number of nitrogens with zero attached hydrogens (tertiary/aromatic N) is 1. The molecule has 0 aliphatic carbocycles. The molecule has 0 saturated carbocycles. The van der Waals surface area contributed by atoms with Gasteiger partial charge in [-0.1, -0.05) is 6.08 Å². The van der Waals surface area contributed by atoms with E-state index in [1.807, 2.05) is 6.08 Å². The number of nitrogens with one attached hydrogen (secondary N) is 1. The first-order valence-electron chi connectivity index (χ1n) is 3.56. The number of imide groups is 1. The molecule has 0 aromatic rings. The second kappa shape index (κ2) is 2.08. The van der Waals surface area contributed by atoms with Crippen LogP contribution in [0.1, 0.15) is 12.8 Å². The molecule has 11 heavy (non-hydrogen) atoms. The standard InChI is InChI=1S/C7H8N2O2/c10-6-4-5-2-1-3-9(5)7(11)8-6/h1,3,5H,2,4H2,(H,8,10,11)/t5-/m0/s1. The number of carbonyl (C=O) groups is 2. The first-order chi connectivity index (χ1) is 5.27. The summed E-state index contributed by atoms with van der Waals surface area (Å²) < 4.78 is 0. The Kier molecular flexibility index (Phi) is 1.21. The molecule has 2 aliphatic rings. The molecule has 0 radical (unpaired) electrons. The molecule has 2 aliphatic heterocycles. The summed E-state index contributed by atoms with van der Waals surface area (Å²) in [6.45, 7) is 0. The van der Waals surface area contributed by atoms with Crippen LogP contribution >= 0.6 is 0 Å². The van der Waals surface area contributed by atoms with E-state index in [9.17, 15) is 9.59 Å². The van der Waals surface area contributed by atoms with Gasteiger partial charge in [-0.2, -0.15) is 0 Å². The van der Waals surface area contributed by atoms with Gasteiger partial charge in [0, 0.05) is 12.6 Å². The van der Waals surface area contributed by atoms with E-state index in [1.165, 1.54) is 0 Å². The number of rotatable bonds is 0. The molecule has 2 rings (SSSR count). The van der Waals surface area contributed by atoms with E-state index in [1.54, 1.807) is 11.1 Å². The SMILES string of the molecule is O=C1C[C@@H]2CC=CN2C(=O)N1. The van der Waals surface area contributed by atoms with Crippen molar-refractivity contribution < 1.29 is 9.59 Å². The maximum absolute atomic E-state index is 11.0. The lowest BCUT2D eigenvalue weighted by Gasteiger charge is -2.27. The molecule has 0 aromatic carbocycles. The van der Waals surface area contributed by atoms with E-state index >= 15 is 0 Å². The molecule has 0 aromatic heterocycles. The van der Waals surface area contributed by atoms with E-state index in [-0.39, 0.29) is 18.0 Å². The Labute approximate surface area is 63.9 Å². The fourth-order valence-electron chi connectivity index (χ4n) is 1.43. The minimum absolute atomic E-state index is 0.0799. The van der Waals surface area contributed by atoms with Crippen LogP contribution in [0.2, 0.25) is 0 Å². The Morgan fingerprint density at radius 1 is 1.55 bits per heavy atom. The van der Waals surface area contributed by atoms with Gasteiger partial charge >= 0.3 is 6.03 Å². The highest BCUT2D eigenvalue weighted by Gasteiger charge is 2.32. The van der Waals surface area contributed by atoms with Gasteiger partial charge in [0.05, 0.1) is 6.04 Å². The van der Waals surface area contributed by atoms with Crippen molar-refractivity contribution in [2.24, 2.45) is 0 Å². The predicted molar refractivity (Wildman–Crippen MR) is 37.5 cm³/mol. The molecule has 0 spiro atoms. The van der Waals surface area contributed by atoms with Crippen LogP contribution in [0.15, 0.2) is 12.3 Å². The molecule has 0 bridgehead atoms. The van der Waals surface area contributed by atoms with Gasteiger partial charge in [-0.25, -0.2) is 4.79 Å². The summed E-state index contributed by atoms with van der Waals surface area (Å²) >= 11 is 0. The van der Waals surface area contributed by atoms with Crippen molar-refractivity contribution in [1.82, 2.24) is 10.2 Å². The molecule has 1 atom stereocenters. The summed E-state index contributed by atoms with van der Waals surface area (Å²) in [4.78, 5) is 23.4. The van der Waals surface area contributed by atoms with Gasteiger partial charge < -0.3 is 0 Å². The monoisotopic (exact) mass is 152 g/mol. The van der Waals surface area contributed by atoms with E-state index in [4.69, 9.17) is 0 Å². The van der Waals surface area contributed by atoms with E-state index in [0.29, 0.717) is 6.42 Å². The molecule has 0 unspecified atom stereocenters. The van der Waals surface area contributed by atoms with E-state index in [0.717, 1.165) is 6.42 Å². The largest absolute Gasteiger partial charge is 0.328 e. The zero-order valence-electron chi connectivity index (χ0n) is 5.91. The zero-order chi connectivity index (χ0) is 7.84. The molecular formula is C7H8N2O2. The lowest BCUT2D eigenvalue weighted by atomic mass is 10.1. The Bertz CT molecular complexity index is 247. The highest BCUT2D eigenvalue weighted by atomic mass is 16.2. The van der Waals surface area contributed by atoms with Crippen LogP contribution in [0.3, 0.4) is 0 Å². The van der Waals surface area contributed by atoms with Gasteiger partial charge in [-0.15, -0.1) is 0 Å². The van der Waals surface area contributed by atoms with Gasteiger partial charge in [0.1, 0.15) is 0 Å². The Morgan fingerprint density at radius 3 is 3.18 bits per heavy atom. The third-order valence-electron chi connectivity index (χ3n) is 1.97. The average Bonchev–Trinajstić information content (AvgIpc) is 2.34. The molecule has 1 N–H and O–H groups in total. The van der Waals surface area contributed by atoms with Gasteiger partial charge in [-0.05, 0) is 6.42 Å². The first kappa shape index (κ1) is 6.39. The van der Waals surface area contributed by atoms with E-state index < -0.39 is 0 Å². The molecule has 4 heteroatoms. The second-order valence-electron chi connectivity index (χ2n) is 2.74. The molecule has 1 saturated heterocycles. The van der Waals surface area contributed by atoms with Crippen LogP contribution in [-0.4, -0.2) is 22.9 Å². The minimum Gasteiger partial charge on any atom is -0.297 e. The zero-order valence-corrected chi connectivity index (χ0v) is 5.91. The molecule has 58 valence electrons. The van der Waals surface area contributed by atoms with Crippen LogP contribution in [0.4, 0.5) is 4.79 Å². The molecular weight excluding hydrogens is 144 g/mol. The van der Waals surface area contributed by atoms with Crippen LogP contribution in [0.5, 0.6) is 0 Å². The van der Waals surface area contributed by atoms with Gasteiger partial charge in [0.15, 0.2) is 0 Å². The summed E-state index contributed by atoms with van der Waals surface area (Å²) in [6.07, 6.45) is 4.87. The van der Waals surface area contributed by atoms with E-state index in [2.05, 4.69) is 5.32 Å². The fourth-order valence-corrected chi connectivity index (χ4v) is 1.43. The van der Waals surface area contributed by atoms with Crippen molar-refractivity contribution >= 4 is 11.9 Å². The summed E-state index contributed by atoms with van der Waals surface area (Å²) in [5.74, 6) is -0.167. The number of hydrogen-bond donors (Lipinski definition) is 1. The van der Waals surface area contributed by atoms with Crippen molar-refractivity contribution in [3.8, 4) is 0 Å². The number of urea groups is 1. The average molecular weight is 152 g/mol. The van der Waals surface area contributed by atoms with Gasteiger partial charge in [0.2, 0.25) is 5.91 Å². The third kappa shape index (κ3) is 0.906. The predicted octanol–water partition coefficient (Wildman–Crippen LogP) is 0.214. The van der Waals surface area contributed by atoms with Crippen LogP contribution in [0, 0.1) is 0 Å². The number of amides is 3. The summed E-state index contributed by atoms with van der Waals surface area (Å²) in [5, 5.41) is 2.25. The molecule has 3 amide bonds. The molecule has 2 heterocycles. The maximum Gasteiger partial charge on any atom is 0.328 e. The highest BCUT2D eigenvalue weighted by molar-refractivity contribution is 5.97. The summed E-state index contributed by atoms with van der Waals surface area (Å²) in [7, 11) is 0. The first-order valence-corrected chi connectivity index (χ1v) is 3.56. The quantitative estimate of drug-likeness (QED) is 0.539. The van der Waals surface area contributed by atoms with Crippen molar-refractivity contribution in [3.63, 3.8) is 0 Å². The molecule has 1 fully saturated rings. The van der Waals surface area contributed by atoms with Gasteiger partial charge in [0.25, 0.3) is 0 Å². The van der Waals surface area contributed by atoms with Crippen molar-refractivity contribution in [1.29, 1.82) is 0 Å². The lowest BCUT2D eigenvalue weighted by Crippen LogP contribution is -2.50. The number of fused-ring (bicyclic) bond motifs is 1. The summed E-state index contributed by atoms with van der Waals surface area (Å²) in [6, 6.07) is -0.212. The van der Waals surface area contributed by atoms with Crippen molar-refractivity contribution in [2.45, 2.75) is 18.9 Å². The third-order valence-corrected chi connectivity index (χ3v) is 1.97. The van der Waals surface area contributed by atoms with Crippen LogP contribution in [0.25, 0.3) is 0 Å². The Balaban J connectivity index is 2.21. The number of hydrogen-bond acceptors (Lipinski definition) is 2. The Morgan fingerprint density at radius 2 is 2.36 bits per heavy atom. The maximum atomic E-state index is 11.0. The second-order valence-corrected chi connectivity index (χ2v) is 2.74. The summed E-state index contributed by atoms with van der Waals surface area (Å²) in [5.41, 5.74) is 0. The minimum atomic E-state index is -0.292. The Hall–Kier alpha value is -1.32. The normalized spacial score (nSPS) is 28.7.